The minimum Gasteiger partial charge on any atom is -0.310 e. The first kappa shape index (κ1) is 13.8. The Bertz CT molecular complexity index is 482. The summed E-state index contributed by atoms with van der Waals surface area (Å²) < 4.78 is 0. The molecule has 0 amide bonds. The molecule has 1 aromatic heterocycles. The maximum absolute atomic E-state index is 4.46. The monoisotopic (exact) mass is 284 g/mol. The molecular formula is C19H28N2. The van der Waals surface area contributed by atoms with E-state index in [9.17, 15) is 0 Å². The van der Waals surface area contributed by atoms with Gasteiger partial charge in [-0.3, -0.25) is 4.98 Å². The highest BCUT2D eigenvalue weighted by atomic mass is 14.9. The van der Waals surface area contributed by atoms with Crippen molar-refractivity contribution in [3.05, 3.63) is 29.6 Å². The van der Waals surface area contributed by atoms with Crippen LogP contribution in [-0.2, 0) is 0 Å². The van der Waals surface area contributed by atoms with Gasteiger partial charge in [0.05, 0.1) is 0 Å². The van der Waals surface area contributed by atoms with E-state index in [-0.39, 0.29) is 0 Å². The third kappa shape index (κ3) is 2.42. The summed E-state index contributed by atoms with van der Waals surface area (Å²) in [5.41, 5.74) is 2.72. The van der Waals surface area contributed by atoms with Gasteiger partial charge in [-0.15, -0.1) is 0 Å². The third-order valence-electron chi connectivity index (χ3n) is 6.36. The van der Waals surface area contributed by atoms with E-state index in [2.05, 4.69) is 36.4 Å². The van der Waals surface area contributed by atoms with Crippen molar-refractivity contribution in [2.24, 2.45) is 29.6 Å². The van der Waals surface area contributed by atoms with Crippen LogP contribution >= 0.6 is 0 Å². The molecule has 0 saturated heterocycles. The first-order chi connectivity index (χ1) is 10.2. The van der Waals surface area contributed by atoms with Crippen LogP contribution in [0.15, 0.2) is 18.5 Å². The van der Waals surface area contributed by atoms with Gasteiger partial charge in [-0.05, 0) is 86.3 Å². The first-order valence-corrected chi connectivity index (χ1v) is 8.89. The first-order valence-electron chi connectivity index (χ1n) is 8.89. The molecule has 1 atom stereocenters. The second kappa shape index (κ2) is 5.39. The summed E-state index contributed by atoms with van der Waals surface area (Å²) in [7, 11) is 0. The normalized spacial score (nSPS) is 38.7. The SMILES string of the molecule is CCNC(c1cncc(C)c1)C1C2CC3CC(C2)CC1C3. The zero-order valence-corrected chi connectivity index (χ0v) is 13.4. The molecule has 1 N–H and O–H groups in total. The van der Waals surface area contributed by atoms with Crippen molar-refractivity contribution < 1.29 is 0 Å². The van der Waals surface area contributed by atoms with Gasteiger partial charge >= 0.3 is 0 Å². The molecule has 5 rings (SSSR count). The Morgan fingerprint density at radius 1 is 1.10 bits per heavy atom. The zero-order valence-electron chi connectivity index (χ0n) is 13.4. The van der Waals surface area contributed by atoms with E-state index in [0.717, 1.165) is 36.1 Å². The molecule has 0 aromatic carbocycles. The van der Waals surface area contributed by atoms with E-state index in [0.29, 0.717) is 6.04 Å². The van der Waals surface area contributed by atoms with Crippen LogP contribution in [0.4, 0.5) is 0 Å². The van der Waals surface area contributed by atoms with Crippen LogP contribution < -0.4 is 5.32 Å². The molecule has 1 heterocycles. The molecule has 4 bridgehead atoms. The Labute approximate surface area is 128 Å². The molecule has 0 spiro atoms. The lowest BCUT2D eigenvalue weighted by atomic mass is 9.50. The van der Waals surface area contributed by atoms with Gasteiger partial charge in [0.1, 0.15) is 0 Å². The summed E-state index contributed by atoms with van der Waals surface area (Å²) >= 11 is 0. The van der Waals surface area contributed by atoms with E-state index >= 15 is 0 Å². The molecule has 114 valence electrons. The van der Waals surface area contributed by atoms with Gasteiger partial charge in [-0.1, -0.05) is 13.0 Å². The second-order valence-electron chi connectivity index (χ2n) is 7.84. The van der Waals surface area contributed by atoms with Crippen LogP contribution in [0, 0.1) is 36.5 Å². The van der Waals surface area contributed by atoms with Crippen LogP contribution in [0.25, 0.3) is 0 Å². The van der Waals surface area contributed by atoms with Crippen molar-refractivity contribution in [2.75, 3.05) is 6.54 Å². The smallest absolute Gasteiger partial charge is 0.0369 e. The van der Waals surface area contributed by atoms with Crippen molar-refractivity contribution >= 4 is 0 Å². The lowest BCUT2D eigenvalue weighted by Crippen LogP contribution is -2.49. The van der Waals surface area contributed by atoms with Gasteiger partial charge < -0.3 is 5.32 Å². The summed E-state index contributed by atoms with van der Waals surface area (Å²) in [6, 6.07) is 2.88. The zero-order chi connectivity index (χ0) is 14.4. The standard InChI is InChI=1S/C19H28N2/c1-3-21-19(17-4-12(2)10-20-11-17)18-15-6-13-5-14(8-15)9-16(18)7-13/h4,10-11,13-16,18-19,21H,3,5-9H2,1-2H3. The molecule has 2 heteroatoms. The van der Waals surface area contributed by atoms with E-state index in [4.69, 9.17) is 0 Å². The number of nitrogens with one attached hydrogen (secondary N) is 1. The highest BCUT2D eigenvalue weighted by Gasteiger charge is 2.50. The van der Waals surface area contributed by atoms with Gasteiger partial charge in [0.2, 0.25) is 0 Å². The fourth-order valence-corrected chi connectivity index (χ4v) is 5.96. The van der Waals surface area contributed by atoms with Crippen molar-refractivity contribution in [3.63, 3.8) is 0 Å². The van der Waals surface area contributed by atoms with Gasteiger partial charge in [-0.25, -0.2) is 0 Å². The van der Waals surface area contributed by atoms with Gasteiger partial charge in [0.25, 0.3) is 0 Å². The summed E-state index contributed by atoms with van der Waals surface area (Å²) in [5, 5.41) is 3.81. The number of hydrogen-bond acceptors (Lipinski definition) is 2. The average Bonchev–Trinajstić information content (AvgIpc) is 2.45. The topological polar surface area (TPSA) is 24.9 Å². The molecule has 4 fully saturated rings. The summed E-state index contributed by atoms with van der Waals surface area (Å²) in [6.45, 7) is 5.46. The number of aromatic nitrogens is 1. The Kier molecular flexibility index (Phi) is 3.53. The maximum Gasteiger partial charge on any atom is 0.0369 e. The van der Waals surface area contributed by atoms with E-state index in [1.807, 2.05) is 6.20 Å². The summed E-state index contributed by atoms with van der Waals surface area (Å²) in [6.07, 6.45) is 11.6. The molecule has 1 unspecified atom stereocenters. The van der Waals surface area contributed by atoms with E-state index < -0.39 is 0 Å². The molecule has 4 aliphatic carbocycles. The molecule has 0 aliphatic heterocycles. The minimum atomic E-state index is 0.525. The molecule has 2 nitrogen and oxygen atoms in total. The number of aryl methyl sites for hydroxylation is 1. The second-order valence-corrected chi connectivity index (χ2v) is 7.84. The molecule has 0 radical (unpaired) electrons. The van der Waals surface area contributed by atoms with Gasteiger partial charge in [0.15, 0.2) is 0 Å². The van der Waals surface area contributed by atoms with Crippen LogP contribution in [0.5, 0.6) is 0 Å². The van der Waals surface area contributed by atoms with Crippen LogP contribution in [0.2, 0.25) is 0 Å². The van der Waals surface area contributed by atoms with E-state index in [1.165, 1.54) is 43.2 Å². The van der Waals surface area contributed by atoms with Crippen molar-refractivity contribution in [2.45, 2.75) is 52.0 Å². The van der Waals surface area contributed by atoms with E-state index in [1.54, 1.807) is 0 Å². The van der Waals surface area contributed by atoms with Crippen LogP contribution in [0.1, 0.15) is 56.2 Å². The number of hydrogen-bond donors (Lipinski definition) is 1. The molecule has 21 heavy (non-hydrogen) atoms. The highest BCUT2D eigenvalue weighted by Crippen LogP contribution is 2.59. The minimum absolute atomic E-state index is 0.525. The Balaban J connectivity index is 1.65. The van der Waals surface area contributed by atoms with Crippen molar-refractivity contribution in [3.8, 4) is 0 Å². The maximum atomic E-state index is 4.46. The lowest BCUT2D eigenvalue weighted by Gasteiger charge is -2.56. The fraction of sp³-hybridized carbons (Fsp3) is 0.737. The van der Waals surface area contributed by atoms with Crippen molar-refractivity contribution in [1.82, 2.24) is 10.3 Å². The number of pyridine rings is 1. The van der Waals surface area contributed by atoms with Crippen LogP contribution in [0.3, 0.4) is 0 Å². The predicted octanol–water partition coefficient (Wildman–Crippen LogP) is 4.11. The third-order valence-corrected chi connectivity index (χ3v) is 6.36. The average molecular weight is 284 g/mol. The van der Waals surface area contributed by atoms with Gasteiger partial charge in [-0.2, -0.15) is 0 Å². The quantitative estimate of drug-likeness (QED) is 0.900. The largest absolute Gasteiger partial charge is 0.310 e. The number of nitrogens with zero attached hydrogens (tertiary/aromatic N) is 1. The van der Waals surface area contributed by atoms with Crippen LogP contribution in [-0.4, -0.2) is 11.5 Å². The predicted molar refractivity (Wildman–Crippen MR) is 85.9 cm³/mol. The Morgan fingerprint density at radius 2 is 1.76 bits per heavy atom. The highest BCUT2D eigenvalue weighted by molar-refractivity contribution is 5.22. The lowest BCUT2D eigenvalue weighted by molar-refractivity contribution is -0.0523. The Morgan fingerprint density at radius 3 is 2.33 bits per heavy atom. The molecule has 1 aromatic rings. The molecule has 4 saturated carbocycles. The number of rotatable bonds is 4. The Hall–Kier alpha value is -0.890. The van der Waals surface area contributed by atoms with Gasteiger partial charge in [0, 0.05) is 18.4 Å². The summed E-state index contributed by atoms with van der Waals surface area (Å²) in [4.78, 5) is 4.46. The fourth-order valence-electron chi connectivity index (χ4n) is 5.96. The summed E-state index contributed by atoms with van der Waals surface area (Å²) in [5.74, 6) is 4.89. The molecular weight excluding hydrogens is 256 g/mol. The van der Waals surface area contributed by atoms with Crippen molar-refractivity contribution in [1.29, 1.82) is 0 Å². The molecule has 4 aliphatic rings.